The number of nitrogens with zero attached hydrogens (tertiary/aromatic N) is 1. The maximum Gasteiger partial charge on any atom is 0.269 e. The van der Waals surface area contributed by atoms with E-state index in [-0.39, 0.29) is 17.2 Å². The normalized spacial score (nSPS) is 24.5. The molecule has 2 unspecified atom stereocenters. The number of nitro benzene ring substituents is 1. The van der Waals surface area contributed by atoms with Crippen LogP contribution in [0.5, 0.6) is 0 Å². The molecule has 92 valence electrons. The Morgan fingerprint density at radius 2 is 1.88 bits per heavy atom. The molecule has 1 N–H and O–H groups in total. The lowest BCUT2D eigenvalue weighted by atomic mass is 9.76. The van der Waals surface area contributed by atoms with Gasteiger partial charge in [0.1, 0.15) is 0 Å². The van der Waals surface area contributed by atoms with Crippen LogP contribution >= 0.6 is 0 Å². The molecule has 4 nitrogen and oxygen atoms in total. The second kappa shape index (κ2) is 5.27. The number of benzene rings is 1. The highest BCUT2D eigenvalue weighted by Crippen LogP contribution is 2.37. The molecule has 1 saturated carbocycles. The van der Waals surface area contributed by atoms with Crippen LogP contribution in [-0.2, 0) is 0 Å². The first-order valence-corrected chi connectivity index (χ1v) is 6.07. The van der Waals surface area contributed by atoms with Crippen LogP contribution in [0, 0.1) is 16.0 Å². The molecule has 1 aromatic rings. The number of aliphatic hydroxyl groups is 1. The van der Waals surface area contributed by atoms with E-state index in [1.165, 1.54) is 12.8 Å². The summed E-state index contributed by atoms with van der Waals surface area (Å²) in [7, 11) is 0. The van der Waals surface area contributed by atoms with Gasteiger partial charge in [-0.05, 0) is 30.2 Å². The molecule has 0 amide bonds. The smallest absolute Gasteiger partial charge is 0.269 e. The van der Waals surface area contributed by atoms with Crippen molar-refractivity contribution in [1.29, 1.82) is 0 Å². The minimum Gasteiger partial charge on any atom is -0.396 e. The van der Waals surface area contributed by atoms with Crippen LogP contribution in [0.1, 0.15) is 37.2 Å². The molecule has 0 spiro atoms. The van der Waals surface area contributed by atoms with E-state index < -0.39 is 0 Å². The first-order chi connectivity index (χ1) is 8.22. The van der Waals surface area contributed by atoms with E-state index in [9.17, 15) is 15.2 Å². The van der Waals surface area contributed by atoms with Crippen molar-refractivity contribution in [3.8, 4) is 0 Å². The average molecular weight is 235 g/mol. The summed E-state index contributed by atoms with van der Waals surface area (Å²) in [4.78, 5) is 10.2. The van der Waals surface area contributed by atoms with Crippen LogP contribution < -0.4 is 0 Å². The molecule has 1 aromatic carbocycles. The van der Waals surface area contributed by atoms with E-state index in [2.05, 4.69) is 0 Å². The van der Waals surface area contributed by atoms with Gasteiger partial charge < -0.3 is 5.11 Å². The summed E-state index contributed by atoms with van der Waals surface area (Å²) in [6.07, 6.45) is 4.48. The number of aliphatic hydroxyl groups excluding tert-OH is 1. The Morgan fingerprint density at radius 3 is 2.47 bits per heavy atom. The van der Waals surface area contributed by atoms with E-state index in [1.54, 1.807) is 12.1 Å². The van der Waals surface area contributed by atoms with Gasteiger partial charge in [-0.2, -0.15) is 0 Å². The van der Waals surface area contributed by atoms with Crippen LogP contribution in [0.15, 0.2) is 24.3 Å². The molecule has 0 heterocycles. The zero-order valence-electron chi connectivity index (χ0n) is 9.71. The summed E-state index contributed by atoms with van der Waals surface area (Å²) in [5, 5.41) is 19.9. The Kier molecular flexibility index (Phi) is 3.74. The van der Waals surface area contributed by atoms with E-state index in [0.717, 1.165) is 18.4 Å². The molecule has 17 heavy (non-hydrogen) atoms. The molecular weight excluding hydrogens is 218 g/mol. The third-order valence-corrected chi connectivity index (χ3v) is 3.68. The van der Waals surface area contributed by atoms with Crippen LogP contribution in [0.3, 0.4) is 0 Å². The number of hydrogen-bond acceptors (Lipinski definition) is 3. The average Bonchev–Trinajstić information content (AvgIpc) is 2.39. The molecule has 0 aromatic heterocycles. The van der Waals surface area contributed by atoms with Gasteiger partial charge in [-0.3, -0.25) is 10.1 Å². The molecule has 0 saturated heterocycles. The third-order valence-electron chi connectivity index (χ3n) is 3.68. The van der Waals surface area contributed by atoms with E-state index in [1.807, 2.05) is 12.1 Å². The van der Waals surface area contributed by atoms with Gasteiger partial charge in [-0.25, -0.2) is 0 Å². The molecule has 0 bridgehead atoms. The number of hydrogen-bond donors (Lipinski definition) is 1. The fraction of sp³-hybridized carbons (Fsp3) is 0.538. The summed E-state index contributed by atoms with van der Waals surface area (Å²) in [5.74, 6) is 0.666. The number of non-ortho nitro benzene ring substituents is 1. The maximum absolute atomic E-state index is 10.6. The fourth-order valence-corrected chi connectivity index (χ4v) is 2.71. The quantitative estimate of drug-likeness (QED) is 0.647. The first kappa shape index (κ1) is 12.0. The monoisotopic (exact) mass is 235 g/mol. The van der Waals surface area contributed by atoms with Crippen molar-refractivity contribution < 1.29 is 10.0 Å². The van der Waals surface area contributed by atoms with Gasteiger partial charge in [-0.1, -0.05) is 25.0 Å². The second-order valence-corrected chi connectivity index (χ2v) is 4.68. The number of rotatable bonds is 3. The zero-order chi connectivity index (χ0) is 12.3. The lowest BCUT2D eigenvalue weighted by Crippen LogP contribution is -2.20. The summed E-state index contributed by atoms with van der Waals surface area (Å²) in [6, 6.07) is 6.77. The highest BCUT2D eigenvalue weighted by molar-refractivity contribution is 5.34. The predicted octanol–water partition coefficient (Wildman–Crippen LogP) is 2.86. The molecular formula is C13H17NO3. The van der Waals surface area contributed by atoms with Gasteiger partial charge in [0, 0.05) is 18.7 Å². The summed E-state index contributed by atoms with van der Waals surface area (Å²) >= 11 is 0. The first-order valence-electron chi connectivity index (χ1n) is 6.07. The standard InChI is InChI=1S/C13H17NO3/c15-9-11-3-1-2-4-13(11)10-5-7-12(8-6-10)14(16)17/h5-8,11,13,15H,1-4,9H2. The van der Waals surface area contributed by atoms with Gasteiger partial charge in [0.25, 0.3) is 5.69 Å². The highest BCUT2D eigenvalue weighted by Gasteiger charge is 2.26. The van der Waals surface area contributed by atoms with Gasteiger partial charge in [0.15, 0.2) is 0 Å². The minimum absolute atomic E-state index is 0.130. The van der Waals surface area contributed by atoms with E-state index >= 15 is 0 Å². The molecule has 2 rings (SSSR count). The van der Waals surface area contributed by atoms with Crippen molar-refractivity contribution >= 4 is 5.69 Å². The molecule has 2 atom stereocenters. The van der Waals surface area contributed by atoms with E-state index in [0.29, 0.717) is 11.8 Å². The Morgan fingerprint density at radius 1 is 1.24 bits per heavy atom. The van der Waals surface area contributed by atoms with Crippen molar-refractivity contribution in [1.82, 2.24) is 0 Å². The third kappa shape index (κ3) is 2.64. The van der Waals surface area contributed by atoms with Gasteiger partial charge >= 0.3 is 0 Å². The van der Waals surface area contributed by atoms with Crippen LogP contribution in [0.25, 0.3) is 0 Å². The Balaban J connectivity index is 2.17. The fourth-order valence-electron chi connectivity index (χ4n) is 2.71. The van der Waals surface area contributed by atoms with Crippen LogP contribution in [-0.4, -0.2) is 16.6 Å². The lowest BCUT2D eigenvalue weighted by Gasteiger charge is -2.30. The topological polar surface area (TPSA) is 63.4 Å². The Labute approximate surface area is 100 Å². The molecule has 1 aliphatic carbocycles. The van der Waals surface area contributed by atoms with Gasteiger partial charge in [0.05, 0.1) is 4.92 Å². The van der Waals surface area contributed by atoms with Crippen molar-refractivity contribution in [2.24, 2.45) is 5.92 Å². The largest absolute Gasteiger partial charge is 0.396 e. The minimum atomic E-state index is -0.381. The Bertz CT molecular complexity index is 388. The molecule has 1 fully saturated rings. The molecule has 4 heteroatoms. The second-order valence-electron chi connectivity index (χ2n) is 4.68. The SMILES string of the molecule is O=[N+]([O-])c1ccc(C2CCCCC2CO)cc1. The predicted molar refractivity (Wildman–Crippen MR) is 64.9 cm³/mol. The summed E-state index contributed by atoms with van der Waals surface area (Å²) < 4.78 is 0. The summed E-state index contributed by atoms with van der Waals surface area (Å²) in [5.41, 5.74) is 1.25. The molecule has 0 aliphatic heterocycles. The van der Waals surface area contributed by atoms with Crippen molar-refractivity contribution in [2.45, 2.75) is 31.6 Å². The van der Waals surface area contributed by atoms with Crippen molar-refractivity contribution in [2.75, 3.05) is 6.61 Å². The zero-order valence-corrected chi connectivity index (χ0v) is 9.71. The van der Waals surface area contributed by atoms with E-state index in [4.69, 9.17) is 0 Å². The maximum atomic E-state index is 10.6. The number of nitro groups is 1. The van der Waals surface area contributed by atoms with Crippen molar-refractivity contribution in [3.63, 3.8) is 0 Å². The highest BCUT2D eigenvalue weighted by atomic mass is 16.6. The molecule has 1 aliphatic rings. The molecule has 0 radical (unpaired) electrons. The van der Waals surface area contributed by atoms with Crippen molar-refractivity contribution in [3.05, 3.63) is 39.9 Å². The Hall–Kier alpha value is -1.42. The van der Waals surface area contributed by atoms with Crippen LogP contribution in [0.2, 0.25) is 0 Å². The van der Waals surface area contributed by atoms with Gasteiger partial charge in [-0.15, -0.1) is 0 Å². The van der Waals surface area contributed by atoms with Gasteiger partial charge in [0.2, 0.25) is 0 Å². The van der Waals surface area contributed by atoms with Crippen LogP contribution in [0.4, 0.5) is 5.69 Å². The summed E-state index contributed by atoms with van der Waals surface area (Å²) in [6.45, 7) is 0.210. The lowest BCUT2D eigenvalue weighted by molar-refractivity contribution is -0.384.